The minimum absolute atomic E-state index is 1.11. The molecule has 0 amide bonds. The second-order valence-electron chi connectivity index (χ2n) is 1.91. The van der Waals surface area contributed by atoms with Crippen molar-refractivity contribution < 1.29 is 0 Å². The molecule has 1 radical (unpaired) electrons. The van der Waals surface area contributed by atoms with Crippen LogP contribution < -0.4 is 5.43 Å². The lowest BCUT2D eigenvalue weighted by Gasteiger charge is -2.10. The summed E-state index contributed by atoms with van der Waals surface area (Å²) in [6.45, 7) is 2.23. The Labute approximate surface area is 54.8 Å². The van der Waals surface area contributed by atoms with Crippen molar-refractivity contribution in [1.29, 1.82) is 0 Å². The maximum Gasteiger partial charge on any atom is 0.149 e. The molecule has 1 saturated heterocycles. The highest BCUT2D eigenvalue weighted by atomic mass is 32.1. The first-order valence-electron chi connectivity index (χ1n) is 2.81. The van der Waals surface area contributed by atoms with E-state index in [2.05, 4.69) is 28.1 Å². The molecule has 2 nitrogen and oxygen atoms in total. The second-order valence-corrected chi connectivity index (χ2v) is 2.11. The summed E-state index contributed by atoms with van der Waals surface area (Å²) in [5.74, 6) is 0. The molecule has 0 bridgehead atoms. The number of rotatable bonds is 2. The molecule has 0 saturated carbocycles. The number of nitrogens with zero attached hydrogens (tertiary/aromatic N) is 1. The molecule has 45 valence electrons. The zero-order chi connectivity index (χ0) is 5.82. The lowest BCUT2D eigenvalue weighted by Crippen LogP contribution is -2.33. The van der Waals surface area contributed by atoms with Crippen molar-refractivity contribution >= 4 is 17.7 Å². The molecule has 1 rings (SSSR count). The van der Waals surface area contributed by atoms with Gasteiger partial charge in [-0.1, -0.05) is 12.2 Å². The van der Waals surface area contributed by atoms with Crippen LogP contribution in [0.2, 0.25) is 0 Å². The fourth-order valence-electron chi connectivity index (χ4n) is 0.893. The number of hydrogen-bond acceptors (Lipinski definition) is 2. The Morgan fingerprint density at radius 2 is 2.00 bits per heavy atom. The molecule has 1 aliphatic heterocycles. The van der Waals surface area contributed by atoms with Crippen molar-refractivity contribution in [3.05, 3.63) is 0 Å². The van der Waals surface area contributed by atoms with E-state index in [4.69, 9.17) is 0 Å². The summed E-state index contributed by atoms with van der Waals surface area (Å²) in [7, 11) is 0. The summed E-state index contributed by atoms with van der Waals surface area (Å²) in [6, 6.07) is 0. The molecule has 0 aromatic heterocycles. The van der Waals surface area contributed by atoms with Crippen LogP contribution in [0.4, 0.5) is 0 Å². The van der Waals surface area contributed by atoms with E-state index in [1.54, 1.807) is 0 Å². The molecule has 0 spiro atoms. The zero-order valence-electron chi connectivity index (χ0n) is 4.68. The Morgan fingerprint density at radius 3 is 2.50 bits per heavy atom. The highest BCUT2D eigenvalue weighted by Crippen LogP contribution is 2.02. The second kappa shape index (κ2) is 2.99. The molecular formula is C5H9N2S. The summed E-state index contributed by atoms with van der Waals surface area (Å²) in [5, 5.41) is 2.08. The van der Waals surface area contributed by atoms with E-state index in [1.165, 1.54) is 12.8 Å². The van der Waals surface area contributed by atoms with E-state index in [1.807, 2.05) is 0 Å². The monoisotopic (exact) mass is 129 g/mol. The smallest absolute Gasteiger partial charge is 0.149 e. The Balaban J connectivity index is 2.14. The quantitative estimate of drug-likeness (QED) is 0.430. The van der Waals surface area contributed by atoms with Gasteiger partial charge in [0.2, 0.25) is 0 Å². The van der Waals surface area contributed by atoms with Crippen molar-refractivity contribution in [3.8, 4) is 0 Å². The fraction of sp³-hybridized carbons (Fsp3) is 0.800. The average Bonchev–Trinajstić information content (AvgIpc) is 2.19. The molecule has 0 atom stereocenters. The van der Waals surface area contributed by atoms with Crippen LogP contribution in [-0.4, -0.2) is 23.6 Å². The fourth-order valence-corrected chi connectivity index (χ4v) is 1.02. The molecule has 8 heavy (non-hydrogen) atoms. The van der Waals surface area contributed by atoms with Gasteiger partial charge in [-0.3, -0.25) is 0 Å². The van der Waals surface area contributed by atoms with Crippen LogP contribution in [0.3, 0.4) is 0 Å². The van der Waals surface area contributed by atoms with Gasteiger partial charge in [-0.2, -0.15) is 0 Å². The van der Waals surface area contributed by atoms with E-state index in [9.17, 15) is 0 Å². The molecule has 3 heteroatoms. The van der Waals surface area contributed by atoms with Crippen LogP contribution in [0, 0.1) is 0 Å². The molecule has 0 aromatic rings. The van der Waals surface area contributed by atoms with Crippen molar-refractivity contribution in [1.82, 2.24) is 10.4 Å². The predicted octanol–water partition coefficient (Wildman–Crippen LogP) is 0.421. The number of hydrogen-bond donors (Lipinski definition) is 1. The van der Waals surface area contributed by atoms with Gasteiger partial charge >= 0.3 is 0 Å². The van der Waals surface area contributed by atoms with Crippen LogP contribution in [-0.2, 0) is 0 Å². The van der Waals surface area contributed by atoms with Crippen LogP contribution >= 0.6 is 12.2 Å². The molecule has 1 N–H and O–H groups in total. The minimum atomic E-state index is 1.11. The van der Waals surface area contributed by atoms with Gasteiger partial charge in [-0.15, -0.1) is 0 Å². The highest BCUT2D eigenvalue weighted by Gasteiger charge is 2.08. The molecule has 1 fully saturated rings. The Bertz CT molecular complexity index is 78.5. The van der Waals surface area contributed by atoms with E-state index in [0.29, 0.717) is 0 Å². The molecule has 0 unspecified atom stereocenters. The standard InChI is InChI=1S/C5H9N2S/c8-5-6-7-3-1-2-4-7/h1-4H2,(H,6,8). The molecule has 1 aliphatic rings. The number of thiocarbonyl (C=S) groups is 1. The molecule has 0 aromatic carbocycles. The van der Waals surface area contributed by atoms with Gasteiger partial charge in [0.05, 0.1) is 0 Å². The Hall–Kier alpha value is -0.150. The average molecular weight is 129 g/mol. The first-order chi connectivity index (χ1) is 3.93. The van der Waals surface area contributed by atoms with Crippen LogP contribution in [0.25, 0.3) is 0 Å². The first kappa shape index (κ1) is 5.98. The van der Waals surface area contributed by atoms with E-state index < -0.39 is 0 Å². The molecular weight excluding hydrogens is 120 g/mol. The van der Waals surface area contributed by atoms with Crippen LogP contribution in [0.15, 0.2) is 0 Å². The topological polar surface area (TPSA) is 15.3 Å². The maximum atomic E-state index is 4.49. The summed E-state index contributed by atoms with van der Waals surface area (Å²) >= 11 is 4.49. The third kappa shape index (κ3) is 1.42. The van der Waals surface area contributed by atoms with Crippen molar-refractivity contribution in [3.63, 3.8) is 0 Å². The van der Waals surface area contributed by atoms with Crippen LogP contribution in [0.5, 0.6) is 0 Å². The molecule has 0 aliphatic carbocycles. The van der Waals surface area contributed by atoms with Gasteiger partial charge < -0.3 is 5.43 Å². The van der Waals surface area contributed by atoms with Gasteiger partial charge in [-0.05, 0) is 12.8 Å². The van der Waals surface area contributed by atoms with E-state index in [-0.39, 0.29) is 0 Å². The highest BCUT2D eigenvalue weighted by molar-refractivity contribution is 7.78. The minimum Gasteiger partial charge on any atom is -0.307 e. The van der Waals surface area contributed by atoms with Gasteiger partial charge in [0.25, 0.3) is 0 Å². The van der Waals surface area contributed by atoms with Crippen LogP contribution in [0.1, 0.15) is 12.8 Å². The normalized spacial score (nSPS) is 21.0. The summed E-state index contributed by atoms with van der Waals surface area (Å²) in [4.78, 5) is 0. The van der Waals surface area contributed by atoms with Gasteiger partial charge in [-0.25, -0.2) is 5.01 Å². The lowest BCUT2D eigenvalue weighted by atomic mass is 10.4. The van der Waals surface area contributed by atoms with Crippen molar-refractivity contribution in [2.75, 3.05) is 13.1 Å². The maximum absolute atomic E-state index is 4.49. The van der Waals surface area contributed by atoms with E-state index >= 15 is 0 Å². The van der Waals surface area contributed by atoms with Gasteiger partial charge in [0.15, 0.2) is 0 Å². The number of hydrazine groups is 1. The predicted molar refractivity (Wildman–Crippen MR) is 36.5 cm³/mol. The van der Waals surface area contributed by atoms with Gasteiger partial charge in [0.1, 0.15) is 5.49 Å². The Morgan fingerprint density at radius 1 is 1.38 bits per heavy atom. The Kier molecular flexibility index (Phi) is 2.24. The largest absolute Gasteiger partial charge is 0.307 e. The first-order valence-corrected chi connectivity index (χ1v) is 3.22. The summed E-state index contributed by atoms with van der Waals surface area (Å²) < 4.78 is 0. The van der Waals surface area contributed by atoms with E-state index in [0.717, 1.165) is 13.1 Å². The lowest BCUT2D eigenvalue weighted by molar-refractivity contribution is 0.302. The van der Waals surface area contributed by atoms with Crippen molar-refractivity contribution in [2.24, 2.45) is 0 Å². The summed E-state index contributed by atoms with van der Waals surface area (Å²) in [5.41, 5.74) is 5.31. The third-order valence-corrected chi connectivity index (χ3v) is 1.40. The number of nitrogens with one attached hydrogen (secondary N) is 1. The third-order valence-electron chi connectivity index (χ3n) is 1.31. The SMILES string of the molecule is S=[C]NN1CCCC1. The molecule has 1 heterocycles. The summed E-state index contributed by atoms with van der Waals surface area (Å²) in [6.07, 6.45) is 2.56. The van der Waals surface area contributed by atoms with Gasteiger partial charge in [0, 0.05) is 13.1 Å². The van der Waals surface area contributed by atoms with Crippen molar-refractivity contribution in [2.45, 2.75) is 12.8 Å². The zero-order valence-corrected chi connectivity index (χ0v) is 5.50.